The van der Waals surface area contributed by atoms with Gasteiger partial charge in [0.15, 0.2) is 11.5 Å². The van der Waals surface area contributed by atoms with Crippen LogP contribution in [0.2, 0.25) is 0 Å². The van der Waals surface area contributed by atoms with Crippen molar-refractivity contribution in [1.29, 1.82) is 0 Å². The van der Waals surface area contributed by atoms with E-state index in [0.717, 1.165) is 33.0 Å². The van der Waals surface area contributed by atoms with Crippen LogP contribution in [0.1, 0.15) is 16.7 Å². The van der Waals surface area contributed by atoms with Gasteiger partial charge >= 0.3 is 0 Å². The van der Waals surface area contributed by atoms with Gasteiger partial charge in [0.1, 0.15) is 12.4 Å². The lowest BCUT2D eigenvalue weighted by atomic mass is 10.1. The van der Waals surface area contributed by atoms with Gasteiger partial charge in [0.2, 0.25) is 0 Å². The van der Waals surface area contributed by atoms with Crippen LogP contribution < -0.4 is 9.47 Å². The summed E-state index contributed by atoms with van der Waals surface area (Å²) in [7, 11) is 1.56. The molecule has 7 heteroatoms. The summed E-state index contributed by atoms with van der Waals surface area (Å²) in [4.78, 5) is 26.8. The number of hydrogen-bond acceptors (Lipinski definition) is 5. The molecular weight excluding hydrogens is 477 g/mol. The predicted octanol–water partition coefficient (Wildman–Crippen LogP) is 6.80. The van der Waals surface area contributed by atoms with E-state index in [1.165, 1.54) is 12.1 Å². The fourth-order valence-electron chi connectivity index (χ4n) is 4.03. The highest BCUT2D eigenvalue weighted by Crippen LogP contribution is 2.35. The maximum Gasteiger partial charge on any atom is 0.293 e. The lowest BCUT2D eigenvalue weighted by molar-refractivity contribution is -0.123. The van der Waals surface area contributed by atoms with E-state index in [2.05, 4.69) is 18.2 Å². The van der Waals surface area contributed by atoms with E-state index in [1.54, 1.807) is 37.5 Å². The van der Waals surface area contributed by atoms with E-state index in [0.29, 0.717) is 34.1 Å². The van der Waals surface area contributed by atoms with Gasteiger partial charge in [0, 0.05) is 0 Å². The minimum atomic E-state index is -0.385. The van der Waals surface area contributed by atoms with Crippen LogP contribution in [0.5, 0.6) is 11.5 Å². The number of hydrogen-bond donors (Lipinski definition) is 0. The average molecular weight is 500 g/mol. The van der Waals surface area contributed by atoms with Crippen LogP contribution in [0, 0.1) is 5.82 Å². The van der Waals surface area contributed by atoms with Gasteiger partial charge in [0.05, 0.1) is 18.6 Å². The van der Waals surface area contributed by atoms with E-state index < -0.39 is 0 Å². The number of amides is 2. The van der Waals surface area contributed by atoms with Gasteiger partial charge in [-0.25, -0.2) is 4.39 Å². The van der Waals surface area contributed by atoms with Crippen LogP contribution >= 0.6 is 11.8 Å². The number of rotatable bonds is 7. The SMILES string of the molecule is COc1cc(/C=C2\SC(=O)N(Cc3ccc(F)cc3)C2=O)ccc1OCc1cccc2ccccc12. The average Bonchev–Trinajstić information content (AvgIpc) is 3.16. The largest absolute Gasteiger partial charge is 0.493 e. The van der Waals surface area contributed by atoms with Gasteiger partial charge in [-0.2, -0.15) is 0 Å². The minimum Gasteiger partial charge on any atom is -0.493 e. The number of nitrogens with zero attached hydrogens (tertiary/aromatic N) is 1. The Bertz CT molecular complexity index is 1480. The van der Waals surface area contributed by atoms with Crippen LogP contribution in [0.3, 0.4) is 0 Å². The number of carbonyl (C=O) groups excluding carboxylic acids is 2. The number of ether oxygens (including phenoxy) is 2. The molecule has 5 nitrogen and oxygen atoms in total. The second-order valence-electron chi connectivity index (χ2n) is 8.23. The molecule has 5 rings (SSSR count). The summed E-state index contributed by atoms with van der Waals surface area (Å²) < 4.78 is 24.8. The molecule has 0 saturated carbocycles. The third-order valence-electron chi connectivity index (χ3n) is 5.88. The number of benzene rings is 4. The van der Waals surface area contributed by atoms with Crippen LogP contribution in [-0.4, -0.2) is 23.2 Å². The normalized spacial score (nSPS) is 14.6. The molecule has 0 bridgehead atoms. The first-order valence-corrected chi connectivity index (χ1v) is 12.1. The Morgan fingerprint density at radius 2 is 1.69 bits per heavy atom. The zero-order valence-corrected chi connectivity index (χ0v) is 20.3. The van der Waals surface area contributed by atoms with Crippen molar-refractivity contribution in [1.82, 2.24) is 4.90 Å². The highest BCUT2D eigenvalue weighted by Gasteiger charge is 2.35. The molecule has 4 aromatic rings. The number of carbonyl (C=O) groups is 2. The van der Waals surface area contributed by atoms with Crippen molar-refractivity contribution in [3.05, 3.63) is 112 Å². The molecule has 1 fully saturated rings. The molecule has 0 N–H and O–H groups in total. The molecule has 0 unspecified atom stereocenters. The molecule has 2 amide bonds. The summed E-state index contributed by atoms with van der Waals surface area (Å²) in [6, 6.07) is 25.3. The summed E-state index contributed by atoms with van der Waals surface area (Å²) in [6.45, 7) is 0.464. The lowest BCUT2D eigenvalue weighted by Gasteiger charge is -2.13. The van der Waals surface area contributed by atoms with E-state index in [-0.39, 0.29) is 23.5 Å². The van der Waals surface area contributed by atoms with Crippen molar-refractivity contribution in [2.24, 2.45) is 0 Å². The standard InChI is InChI=1S/C29H22FNO4S/c1-34-26-15-20(11-14-25(26)35-18-22-7-4-6-21-5-2-3-8-24(21)22)16-27-28(32)31(29(33)36-27)17-19-9-12-23(30)13-10-19/h2-16H,17-18H2,1H3/b27-16-. The highest BCUT2D eigenvalue weighted by atomic mass is 32.2. The molecule has 1 aliphatic rings. The van der Waals surface area contributed by atoms with Crippen molar-refractivity contribution in [3.63, 3.8) is 0 Å². The lowest BCUT2D eigenvalue weighted by Crippen LogP contribution is -2.27. The number of fused-ring (bicyclic) bond motifs is 1. The fourth-order valence-corrected chi connectivity index (χ4v) is 4.87. The van der Waals surface area contributed by atoms with E-state index in [1.807, 2.05) is 30.3 Å². The molecule has 1 heterocycles. The van der Waals surface area contributed by atoms with Gasteiger partial charge in [-0.1, -0.05) is 60.7 Å². The first kappa shape index (κ1) is 23.6. The van der Waals surface area contributed by atoms with Crippen LogP contribution in [0.25, 0.3) is 16.8 Å². The fraction of sp³-hybridized carbons (Fsp3) is 0.103. The summed E-state index contributed by atoms with van der Waals surface area (Å²) in [5.41, 5.74) is 2.44. The molecule has 1 aliphatic heterocycles. The van der Waals surface area contributed by atoms with Crippen LogP contribution in [-0.2, 0) is 17.9 Å². The first-order chi connectivity index (χ1) is 17.5. The van der Waals surface area contributed by atoms with Crippen molar-refractivity contribution >= 4 is 39.8 Å². The highest BCUT2D eigenvalue weighted by molar-refractivity contribution is 8.18. The number of methoxy groups -OCH3 is 1. The second kappa shape index (κ2) is 10.3. The molecule has 4 aromatic carbocycles. The summed E-state index contributed by atoms with van der Waals surface area (Å²) in [5.74, 6) is 0.345. The third-order valence-corrected chi connectivity index (χ3v) is 6.78. The monoisotopic (exact) mass is 499 g/mol. The van der Waals surface area contributed by atoms with E-state index in [9.17, 15) is 14.0 Å². The van der Waals surface area contributed by atoms with Crippen LogP contribution in [0.15, 0.2) is 89.8 Å². The minimum absolute atomic E-state index is 0.0898. The van der Waals surface area contributed by atoms with Crippen LogP contribution in [0.4, 0.5) is 9.18 Å². The summed E-state index contributed by atoms with van der Waals surface area (Å²) in [6.07, 6.45) is 1.66. The number of thioether (sulfide) groups is 1. The molecule has 0 aromatic heterocycles. The second-order valence-corrected chi connectivity index (χ2v) is 9.22. The number of halogens is 1. The zero-order valence-electron chi connectivity index (χ0n) is 19.4. The van der Waals surface area contributed by atoms with Crippen molar-refractivity contribution < 1.29 is 23.5 Å². The predicted molar refractivity (Wildman–Crippen MR) is 139 cm³/mol. The van der Waals surface area contributed by atoms with E-state index >= 15 is 0 Å². The number of imide groups is 1. The van der Waals surface area contributed by atoms with Crippen molar-refractivity contribution in [3.8, 4) is 11.5 Å². The molecule has 180 valence electrons. The molecule has 0 spiro atoms. The molecular formula is C29H22FNO4S. The topological polar surface area (TPSA) is 55.8 Å². The molecule has 0 atom stereocenters. The van der Waals surface area contributed by atoms with Crippen molar-refractivity contribution in [2.75, 3.05) is 7.11 Å². The zero-order chi connectivity index (χ0) is 25.1. The summed E-state index contributed by atoms with van der Waals surface area (Å²) in [5, 5.41) is 1.92. The quantitative estimate of drug-likeness (QED) is 0.262. The molecule has 1 saturated heterocycles. The Hall–Kier alpha value is -4.10. The summed E-state index contributed by atoms with van der Waals surface area (Å²) >= 11 is 0.878. The first-order valence-electron chi connectivity index (χ1n) is 11.3. The van der Waals surface area contributed by atoms with Crippen molar-refractivity contribution in [2.45, 2.75) is 13.2 Å². The Morgan fingerprint density at radius 3 is 2.50 bits per heavy atom. The molecule has 36 heavy (non-hydrogen) atoms. The van der Waals surface area contributed by atoms with Gasteiger partial charge in [-0.05, 0) is 69.6 Å². The smallest absolute Gasteiger partial charge is 0.293 e. The Morgan fingerprint density at radius 1 is 0.917 bits per heavy atom. The van der Waals surface area contributed by atoms with Gasteiger partial charge < -0.3 is 9.47 Å². The maximum absolute atomic E-state index is 13.2. The van der Waals surface area contributed by atoms with Gasteiger partial charge in [0.25, 0.3) is 11.1 Å². The Labute approximate surface area is 212 Å². The third kappa shape index (κ3) is 4.97. The Balaban J connectivity index is 1.32. The van der Waals surface area contributed by atoms with Gasteiger partial charge in [-0.3, -0.25) is 14.5 Å². The van der Waals surface area contributed by atoms with Gasteiger partial charge in [-0.15, -0.1) is 0 Å². The Kier molecular flexibility index (Phi) is 6.73. The molecule has 0 aliphatic carbocycles. The van der Waals surface area contributed by atoms with E-state index in [4.69, 9.17) is 9.47 Å². The molecule has 0 radical (unpaired) electrons. The maximum atomic E-state index is 13.2.